The average Bonchev–Trinajstić information content (AvgIpc) is 2.47. The second kappa shape index (κ2) is 5.49. The molecule has 0 radical (unpaired) electrons. The summed E-state index contributed by atoms with van der Waals surface area (Å²) in [6.45, 7) is 0. The Balaban J connectivity index is 2.12. The summed E-state index contributed by atoms with van der Waals surface area (Å²) >= 11 is 3.28. The number of non-ortho nitro benzene ring substituents is 1. The maximum absolute atomic E-state index is 11.1. The summed E-state index contributed by atoms with van der Waals surface area (Å²) in [7, 11) is 0. The van der Waals surface area contributed by atoms with Crippen molar-refractivity contribution in [1.29, 1.82) is 0 Å². The maximum Gasteiger partial charge on any atom is 0.277 e. The van der Waals surface area contributed by atoms with E-state index < -0.39 is 4.92 Å². The molecule has 0 saturated heterocycles. The van der Waals surface area contributed by atoms with E-state index in [0.717, 1.165) is 0 Å². The molecule has 0 aliphatic heterocycles. The van der Waals surface area contributed by atoms with Crippen molar-refractivity contribution in [3.63, 3.8) is 0 Å². The smallest absolute Gasteiger partial charge is 0.277 e. The van der Waals surface area contributed by atoms with Crippen LogP contribution >= 0.6 is 15.9 Å². The van der Waals surface area contributed by atoms with Gasteiger partial charge in [-0.25, -0.2) is 4.98 Å². The van der Waals surface area contributed by atoms with E-state index in [1.54, 1.807) is 42.5 Å². The SMILES string of the molecule is O=[N+]([O-])c1ccc(Oc2cccc(Br)n2)c2ccccc12. The number of rotatable bonds is 3. The molecule has 0 bridgehead atoms. The highest BCUT2D eigenvalue weighted by molar-refractivity contribution is 9.10. The number of hydrogen-bond acceptors (Lipinski definition) is 4. The Bertz CT molecular complexity index is 836. The Hall–Kier alpha value is -2.47. The molecule has 5 nitrogen and oxygen atoms in total. The quantitative estimate of drug-likeness (QED) is 0.392. The van der Waals surface area contributed by atoms with Gasteiger partial charge < -0.3 is 4.74 Å². The van der Waals surface area contributed by atoms with Crippen LogP contribution in [0.3, 0.4) is 0 Å². The molecule has 21 heavy (non-hydrogen) atoms. The van der Waals surface area contributed by atoms with Crippen LogP contribution in [0.25, 0.3) is 10.8 Å². The molecular formula is C15H9BrN2O3. The van der Waals surface area contributed by atoms with Gasteiger partial charge >= 0.3 is 0 Å². The predicted octanol–water partition coefficient (Wildman–Crippen LogP) is 4.70. The van der Waals surface area contributed by atoms with Crippen LogP contribution in [0.2, 0.25) is 0 Å². The number of aromatic nitrogens is 1. The monoisotopic (exact) mass is 344 g/mol. The molecule has 0 amide bonds. The molecule has 3 aromatic rings. The minimum atomic E-state index is -0.399. The van der Waals surface area contributed by atoms with Gasteiger partial charge in [0, 0.05) is 17.5 Å². The Labute approximate surface area is 128 Å². The van der Waals surface area contributed by atoms with Crippen molar-refractivity contribution in [3.05, 3.63) is 69.3 Å². The standard InChI is InChI=1S/C15H9BrN2O3/c16-14-6-3-7-15(17-14)21-13-9-8-12(18(19)20)10-4-1-2-5-11(10)13/h1-9H. The normalized spacial score (nSPS) is 10.5. The van der Waals surface area contributed by atoms with E-state index in [1.807, 2.05) is 6.07 Å². The highest BCUT2D eigenvalue weighted by atomic mass is 79.9. The molecule has 0 N–H and O–H groups in total. The van der Waals surface area contributed by atoms with Crippen molar-refractivity contribution in [2.45, 2.75) is 0 Å². The zero-order valence-corrected chi connectivity index (χ0v) is 12.3. The molecule has 0 atom stereocenters. The molecule has 0 aliphatic rings. The van der Waals surface area contributed by atoms with Gasteiger partial charge in [-0.05, 0) is 34.1 Å². The second-order valence-corrected chi connectivity index (χ2v) is 5.10. The number of ether oxygens (including phenoxy) is 1. The van der Waals surface area contributed by atoms with Gasteiger partial charge in [-0.1, -0.05) is 24.3 Å². The molecule has 3 rings (SSSR count). The molecule has 0 saturated carbocycles. The summed E-state index contributed by atoms with van der Waals surface area (Å²) < 4.78 is 6.40. The first kappa shape index (κ1) is 13.5. The highest BCUT2D eigenvalue weighted by Crippen LogP contribution is 2.34. The topological polar surface area (TPSA) is 65.3 Å². The van der Waals surface area contributed by atoms with Crippen molar-refractivity contribution in [2.24, 2.45) is 0 Å². The largest absolute Gasteiger partial charge is 0.438 e. The lowest BCUT2D eigenvalue weighted by Crippen LogP contribution is -1.93. The minimum absolute atomic E-state index is 0.0557. The van der Waals surface area contributed by atoms with Gasteiger partial charge in [-0.15, -0.1) is 0 Å². The van der Waals surface area contributed by atoms with Gasteiger partial charge in [-0.3, -0.25) is 10.1 Å². The molecule has 6 heteroatoms. The van der Waals surface area contributed by atoms with Crippen LogP contribution in [0, 0.1) is 10.1 Å². The first-order chi connectivity index (χ1) is 10.1. The number of fused-ring (bicyclic) bond motifs is 1. The number of benzene rings is 2. The van der Waals surface area contributed by atoms with E-state index in [2.05, 4.69) is 20.9 Å². The molecule has 0 unspecified atom stereocenters. The third kappa shape index (κ3) is 2.71. The number of halogens is 1. The van der Waals surface area contributed by atoms with Gasteiger partial charge in [0.05, 0.1) is 10.3 Å². The van der Waals surface area contributed by atoms with Crippen molar-refractivity contribution < 1.29 is 9.66 Å². The fraction of sp³-hybridized carbons (Fsp3) is 0. The molecule has 2 aromatic carbocycles. The zero-order valence-electron chi connectivity index (χ0n) is 10.7. The van der Waals surface area contributed by atoms with E-state index in [0.29, 0.717) is 27.0 Å². The van der Waals surface area contributed by atoms with Crippen LogP contribution < -0.4 is 4.74 Å². The number of pyridine rings is 1. The molecule has 0 spiro atoms. The van der Waals surface area contributed by atoms with Crippen LogP contribution in [0.15, 0.2) is 59.2 Å². The molecule has 1 heterocycles. The van der Waals surface area contributed by atoms with E-state index in [-0.39, 0.29) is 5.69 Å². The molecular weight excluding hydrogens is 336 g/mol. The number of nitro groups is 1. The summed E-state index contributed by atoms with van der Waals surface area (Å²) in [5, 5.41) is 12.3. The van der Waals surface area contributed by atoms with E-state index in [1.165, 1.54) is 6.07 Å². The summed E-state index contributed by atoms with van der Waals surface area (Å²) in [4.78, 5) is 14.9. The third-order valence-electron chi connectivity index (χ3n) is 2.96. The lowest BCUT2D eigenvalue weighted by atomic mass is 10.1. The van der Waals surface area contributed by atoms with E-state index in [9.17, 15) is 10.1 Å². The average molecular weight is 345 g/mol. The first-order valence-electron chi connectivity index (χ1n) is 6.12. The van der Waals surface area contributed by atoms with Gasteiger partial charge in [0.25, 0.3) is 5.69 Å². The third-order valence-corrected chi connectivity index (χ3v) is 3.40. The zero-order chi connectivity index (χ0) is 14.8. The Morgan fingerprint density at radius 1 is 1.00 bits per heavy atom. The van der Waals surface area contributed by atoms with Crippen LogP contribution in [0.5, 0.6) is 11.6 Å². The van der Waals surface area contributed by atoms with Crippen molar-refractivity contribution in [2.75, 3.05) is 0 Å². The van der Waals surface area contributed by atoms with Crippen LogP contribution in [0.1, 0.15) is 0 Å². The lowest BCUT2D eigenvalue weighted by molar-refractivity contribution is -0.383. The lowest BCUT2D eigenvalue weighted by Gasteiger charge is -2.08. The first-order valence-corrected chi connectivity index (χ1v) is 6.91. The Kier molecular flexibility index (Phi) is 3.53. The molecule has 0 fully saturated rings. The number of nitrogens with zero attached hydrogens (tertiary/aromatic N) is 2. The van der Waals surface area contributed by atoms with Crippen molar-refractivity contribution in [3.8, 4) is 11.6 Å². The summed E-state index contributed by atoms with van der Waals surface area (Å²) in [5.74, 6) is 0.949. The second-order valence-electron chi connectivity index (χ2n) is 4.29. The Morgan fingerprint density at radius 3 is 2.48 bits per heavy atom. The predicted molar refractivity (Wildman–Crippen MR) is 82.6 cm³/mol. The summed E-state index contributed by atoms with van der Waals surface area (Å²) in [5.41, 5.74) is 0.0557. The van der Waals surface area contributed by atoms with Gasteiger partial charge in [0.2, 0.25) is 5.88 Å². The molecule has 1 aromatic heterocycles. The summed E-state index contributed by atoms with van der Waals surface area (Å²) in [6, 6.07) is 15.4. The summed E-state index contributed by atoms with van der Waals surface area (Å²) in [6.07, 6.45) is 0. The maximum atomic E-state index is 11.1. The number of hydrogen-bond donors (Lipinski definition) is 0. The highest BCUT2D eigenvalue weighted by Gasteiger charge is 2.15. The van der Waals surface area contributed by atoms with Gasteiger partial charge in [0.15, 0.2) is 0 Å². The number of nitro benzene ring substituents is 1. The van der Waals surface area contributed by atoms with Gasteiger partial charge in [-0.2, -0.15) is 0 Å². The van der Waals surface area contributed by atoms with Crippen LogP contribution in [-0.2, 0) is 0 Å². The van der Waals surface area contributed by atoms with Gasteiger partial charge in [0.1, 0.15) is 10.4 Å². The van der Waals surface area contributed by atoms with E-state index in [4.69, 9.17) is 4.74 Å². The minimum Gasteiger partial charge on any atom is -0.438 e. The van der Waals surface area contributed by atoms with Crippen LogP contribution in [0.4, 0.5) is 5.69 Å². The molecule has 104 valence electrons. The van der Waals surface area contributed by atoms with Crippen molar-refractivity contribution >= 4 is 32.4 Å². The van der Waals surface area contributed by atoms with Crippen molar-refractivity contribution in [1.82, 2.24) is 4.98 Å². The fourth-order valence-corrected chi connectivity index (χ4v) is 2.39. The van der Waals surface area contributed by atoms with E-state index >= 15 is 0 Å². The van der Waals surface area contributed by atoms with Crippen LogP contribution in [-0.4, -0.2) is 9.91 Å². The fourth-order valence-electron chi connectivity index (χ4n) is 2.06. The molecule has 0 aliphatic carbocycles. The Morgan fingerprint density at radius 2 is 1.76 bits per heavy atom.